The molecule has 0 unspecified atom stereocenters. The summed E-state index contributed by atoms with van der Waals surface area (Å²) in [5.41, 5.74) is 0. The lowest BCUT2D eigenvalue weighted by Crippen LogP contribution is -2.00. The molecule has 0 aromatic heterocycles. The van der Waals surface area contributed by atoms with E-state index in [0.717, 1.165) is 22.9 Å². The van der Waals surface area contributed by atoms with Gasteiger partial charge < -0.3 is 9.47 Å². The second kappa shape index (κ2) is 6.88. The van der Waals surface area contributed by atoms with Crippen LogP contribution in [0.15, 0.2) is 30.3 Å². The molecule has 0 saturated carbocycles. The van der Waals surface area contributed by atoms with Gasteiger partial charge in [0.15, 0.2) is 0 Å². The number of hydrogen-bond donors (Lipinski definition) is 0. The van der Waals surface area contributed by atoms with Crippen LogP contribution in [0.4, 0.5) is 0 Å². The Labute approximate surface area is 123 Å². The molecule has 0 saturated heterocycles. The van der Waals surface area contributed by atoms with Crippen LogP contribution in [0.3, 0.4) is 0 Å². The molecule has 4 heteroatoms. The standard InChI is InChI=1S/C15H16Cl2O2/c1-2-18-15-12-7-4-3-6-11(12)14(10-13(15)17)19-9-5-8-16/h3-4,6-7,10H,2,5,8-9H2,1H3. The molecule has 0 aliphatic rings. The number of fused-ring (bicyclic) bond motifs is 1. The predicted molar refractivity (Wildman–Crippen MR) is 81.0 cm³/mol. The maximum Gasteiger partial charge on any atom is 0.145 e. The van der Waals surface area contributed by atoms with E-state index in [9.17, 15) is 0 Å². The van der Waals surface area contributed by atoms with E-state index in [1.54, 1.807) is 0 Å². The van der Waals surface area contributed by atoms with E-state index in [2.05, 4.69) is 0 Å². The summed E-state index contributed by atoms with van der Waals surface area (Å²) in [5, 5.41) is 2.55. The van der Waals surface area contributed by atoms with Gasteiger partial charge in [0.1, 0.15) is 11.5 Å². The Morgan fingerprint density at radius 3 is 2.53 bits per heavy atom. The molecule has 19 heavy (non-hydrogen) atoms. The molecule has 0 bridgehead atoms. The Bertz CT molecular complexity index is 555. The van der Waals surface area contributed by atoms with Crippen molar-refractivity contribution < 1.29 is 9.47 Å². The summed E-state index contributed by atoms with van der Waals surface area (Å²) in [7, 11) is 0. The third-order valence-electron chi connectivity index (χ3n) is 2.74. The summed E-state index contributed by atoms with van der Waals surface area (Å²) in [6.07, 6.45) is 0.806. The maximum absolute atomic E-state index is 6.27. The van der Waals surface area contributed by atoms with Crippen LogP contribution in [0.2, 0.25) is 5.02 Å². The summed E-state index contributed by atoms with van der Waals surface area (Å²) in [6, 6.07) is 9.73. The van der Waals surface area contributed by atoms with Crippen LogP contribution in [0.25, 0.3) is 10.8 Å². The van der Waals surface area contributed by atoms with Crippen LogP contribution in [-0.4, -0.2) is 19.1 Å². The molecule has 0 radical (unpaired) electrons. The van der Waals surface area contributed by atoms with Crippen molar-refractivity contribution >= 4 is 34.0 Å². The molecular formula is C15H16Cl2O2. The number of alkyl halides is 1. The molecule has 0 N–H and O–H groups in total. The maximum atomic E-state index is 6.27. The molecule has 0 fully saturated rings. The highest BCUT2D eigenvalue weighted by Gasteiger charge is 2.12. The van der Waals surface area contributed by atoms with Crippen molar-refractivity contribution in [3.63, 3.8) is 0 Å². The van der Waals surface area contributed by atoms with Crippen molar-refractivity contribution in [1.29, 1.82) is 0 Å². The fourth-order valence-corrected chi connectivity index (χ4v) is 2.29. The van der Waals surface area contributed by atoms with E-state index >= 15 is 0 Å². The van der Waals surface area contributed by atoms with Crippen molar-refractivity contribution in [2.45, 2.75) is 13.3 Å². The first-order valence-electron chi connectivity index (χ1n) is 6.30. The second-order valence-corrected chi connectivity index (χ2v) is 4.84. The van der Waals surface area contributed by atoms with E-state index in [-0.39, 0.29) is 0 Å². The highest BCUT2D eigenvalue weighted by Crippen LogP contribution is 2.39. The molecule has 0 aliphatic carbocycles. The summed E-state index contributed by atoms with van der Waals surface area (Å²) in [6.45, 7) is 3.10. The predicted octanol–water partition coefficient (Wildman–Crippen LogP) is 4.90. The van der Waals surface area contributed by atoms with Gasteiger partial charge in [0.05, 0.1) is 18.2 Å². The first kappa shape index (κ1) is 14.3. The molecule has 2 rings (SSSR count). The number of halogens is 2. The Balaban J connectivity index is 2.45. The van der Waals surface area contributed by atoms with Crippen LogP contribution in [0, 0.1) is 0 Å². The van der Waals surface area contributed by atoms with Gasteiger partial charge in [-0.3, -0.25) is 0 Å². The molecule has 0 atom stereocenters. The van der Waals surface area contributed by atoms with Crippen LogP contribution in [0.5, 0.6) is 11.5 Å². The van der Waals surface area contributed by atoms with Gasteiger partial charge in [0.25, 0.3) is 0 Å². The van der Waals surface area contributed by atoms with Crippen LogP contribution >= 0.6 is 23.2 Å². The Morgan fingerprint density at radius 1 is 1.11 bits per heavy atom. The summed E-state index contributed by atoms with van der Waals surface area (Å²) >= 11 is 11.9. The SMILES string of the molecule is CCOc1c(Cl)cc(OCCCCl)c2ccccc12. The third kappa shape index (κ3) is 3.26. The summed E-state index contributed by atoms with van der Waals surface area (Å²) < 4.78 is 11.4. The molecule has 0 spiro atoms. The minimum Gasteiger partial charge on any atom is -0.493 e. The molecule has 0 amide bonds. The van der Waals surface area contributed by atoms with E-state index in [0.29, 0.717) is 29.9 Å². The molecular weight excluding hydrogens is 283 g/mol. The smallest absolute Gasteiger partial charge is 0.145 e. The Hall–Kier alpha value is -1.12. The molecule has 0 heterocycles. The molecule has 2 aromatic carbocycles. The largest absolute Gasteiger partial charge is 0.493 e. The van der Waals surface area contributed by atoms with E-state index < -0.39 is 0 Å². The van der Waals surface area contributed by atoms with E-state index in [1.807, 2.05) is 37.3 Å². The van der Waals surface area contributed by atoms with E-state index in [4.69, 9.17) is 32.7 Å². The first-order valence-corrected chi connectivity index (χ1v) is 7.22. The zero-order valence-electron chi connectivity index (χ0n) is 10.8. The minimum atomic E-state index is 0.571. The number of benzene rings is 2. The Morgan fingerprint density at radius 2 is 1.84 bits per heavy atom. The average Bonchev–Trinajstić information content (AvgIpc) is 2.43. The molecule has 2 nitrogen and oxygen atoms in total. The average molecular weight is 299 g/mol. The van der Waals surface area contributed by atoms with E-state index in [1.165, 1.54) is 0 Å². The van der Waals surface area contributed by atoms with Gasteiger partial charge in [-0.05, 0) is 13.3 Å². The zero-order valence-corrected chi connectivity index (χ0v) is 12.3. The number of hydrogen-bond acceptors (Lipinski definition) is 2. The first-order chi connectivity index (χ1) is 9.27. The zero-order chi connectivity index (χ0) is 13.7. The fraction of sp³-hybridized carbons (Fsp3) is 0.333. The van der Waals surface area contributed by atoms with Crippen molar-refractivity contribution in [3.05, 3.63) is 35.4 Å². The lowest BCUT2D eigenvalue weighted by atomic mass is 10.1. The van der Waals surface area contributed by atoms with Crippen LogP contribution < -0.4 is 9.47 Å². The number of rotatable bonds is 6. The van der Waals surface area contributed by atoms with Gasteiger partial charge in [-0.2, -0.15) is 0 Å². The molecule has 102 valence electrons. The van der Waals surface area contributed by atoms with Gasteiger partial charge in [-0.1, -0.05) is 35.9 Å². The highest BCUT2D eigenvalue weighted by molar-refractivity contribution is 6.33. The molecule has 0 aliphatic heterocycles. The van der Waals surface area contributed by atoms with Gasteiger partial charge in [-0.25, -0.2) is 0 Å². The van der Waals surface area contributed by atoms with Crippen molar-refractivity contribution in [2.75, 3.05) is 19.1 Å². The van der Waals surface area contributed by atoms with Crippen molar-refractivity contribution in [2.24, 2.45) is 0 Å². The van der Waals surface area contributed by atoms with Gasteiger partial charge >= 0.3 is 0 Å². The monoisotopic (exact) mass is 298 g/mol. The van der Waals surface area contributed by atoms with Gasteiger partial charge in [0, 0.05) is 22.7 Å². The van der Waals surface area contributed by atoms with Crippen LogP contribution in [0.1, 0.15) is 13.3 Å². The minimum absolute atomic E-state index is 0.571. The lowest BCUT2D eigenvalue weighted by Gasteiger charge is -2.14. The van der Waals surface area contributed by atoms with Gasteiger partial charge in [-0.15, -0.1) is 11.6 Å². The van der Waals surface area contributed by atoms with Crippen molar-refractivity contribution in [3.8, 4) is 11.5 Å². The number of ether oxygens (including phenoxy) is 2. The quantitative estimate of drug-likeness (QED) is 0.558. The summed E-state index contributed by atoms with van der Waals surface area (Å²) in [4.78, 5) is 0. The second-order valence-electron chi connectivity index (χ2n) is 4.06. The fourth-order valence-electron chi connectivity index (χ4n) is 1.93. The Kier molecular flexibility index (Phi) is 5.17. The topological polar surface area (TPSA) is 18.5 Å². The lowest BCUT2D eigenvalue weighted by molar-refractivity contribution is 0.320. The summed E-state index contributed by atoms with van der Waals surface area (Å²) in [5.74, 6) is 2.07. The highest BCUT2D eigenvalue weighted by atomic mass is 35.5. The van der Waals surface area contributed by atoms with Crippen LogP contribution in [-0.2, 0) is 0 Å². The normalized spacial score (nSPS) is 10.7. The van der Waals surface area contributed by atoms with Crippen molar-refractivity contribution in [1.82, 2.24) is 0 Å². The molecule has 2 aromatic rings. The third-order valence-corrected chi connectivity index (χ3v) is 3.28. The van der Waals surface area contributed by atoms with Gasteiger partial charge in [0.2, 0.25) is 0 Å².